The number of nitrogens with one attached hydrogen (secondary N) is 1. The first-order valence-electron chi connectivity index (χ1n) is 5.97. The molecule has 0 amide bonds. The molecule has 3 N–H and O–H groups in total. The molecule has 4 nitrogen and oxygen atoms in total. The zero-order valence-corrected chi connectivity index (χ0v) is 9.06. The SMILES string of the molecule is OC1CCCCCC1NC1COCC1O. The van der Waals surface area contributed by atoms with Crippen LogP contribution in [0, 0.1) is 0 Å². The molecule has 2 aliphatic rings. The van der Waals surface area contributed by atoms with Crippen molar-refractivity contribution < 1.29 is 14.9 Å². The summed E-state index contributed by atoms with van der Waals surface area (Å²) in [5.41, 5.74) is 0. The van der Waals surface area contributed by atoms with Crippen molar-refractivity contribution in [2.75, 3.05) is 13.2 Å². The lowest BCUT2D eigenvalue weighted by Crippen LogP contribution is -2.49. The highest BCUT2D eigenvalue weighted by Gasteiger charge is 2.31. The third-order valence-corrected chi connectivity index (χ3v) is 3.46. The number of hydrogen-bond acceptors (Lipinski definition) is 4. The van der Waals surface area contributed by atoms with Gasteiger partial charge in [0.2, 0.25) is 0 Å². The summed E-state index contributed by atoms with van der Waals surface area (Å²) in [6.07, 6.45) is 4.69. The molecule has 0 aromatic heterocycles. The lowest BCUT2D eigenvalue weighted by Gasteiger charge is -2.26. The van der Waals surface area contributed by atoms with E-state index < -0.39 is 6.10 Å². The van der Waals surface area contributed by atoms with Gasteiger partial charge in [0.1, 0.15) is 0 Å². The van der Waals surface area contributed by atoms with Crippen LogP contribution in [0.5, 0.6) is 0 Å². The molecule has 1 heterocycles. The summed E-state index contributed by atoms with van der Waals surface area (Å²) >= 11 is 0. The van der Waals surface area contributed by atoms with Gasteiger partial charge in [-0.2, -0.15) is 0 Å². The third kappa shape index (κ3) is 2.91. The van der Waals surface area contributed by atoms with Crippen molar-refractivity contribution >= 4 is 0 Å². The molecule has 4 atom stereocenters. The monoisotopic (exact) mass is 215 g/mol. The van der Waals surface area contributed by atoms with Crippen molar-refractivity contribution in [3.05, 3.63) is 0 Å². The average molecular weight is 215 g/mol. The number of rotatable bonds is 2. The van der Waals surface area contributed by atoms with E-state index in [4.69, 9.17) is 4.74 Å². The molecule has 0 bridgehead atoms. The summed E-state index contributed by atoms with van der Waals surface area (Å²) in [5, 5.41) is 22.8. The predicted molar refractivity (Wildman–Crippen MR) is 56.6 cm³/mol. The molecule has 15 heavy (non-hydrogen) atoms. The predicted octanol–water partition coefficient (Wildman–Crippen LogP) is 0.0293. The summed E-state index contributed by atoms with van der Waals surface area (Å²) in [4.78, 5) is 0. The molecule has 88 valence electrons. The van der Waals surface area contributed by atoms with Crippen LogP contribution < -0.4 is 5.32 Å². The van der Waals surface area contributed by atoms with E-state index in [1.807, 2.05) is 0 Å². The second-order valence-electron chi connectivity index (χ2n) is 4.69. The van der Waals surface area contributed by atoms with Crippen LogP contribution in [0.2, 0.25) is 0 Å². The van der Waals surface area contributed by atoms with E-state index in [1.54, 1.807) is 0 Å². The van der Waals surface area contributed by atoms with Crippen LogP contribution in [-0.4, -0.2) is 47.7 Å². The van der Waals surface area contributed by atoms with E-state index >= 15 is 0 Å². The quantitative estimate of drug-likeness (QED) is 0.569. The van der Waals surface area contributed by atoms with Crippen molar-refractivity contribution in [2.24, 2.45) is 0 Å². The van der Waals surface area contributed by atoms with Crippen LogP contribution >= 0.6 is 0 Å². The van der Waals surface area contributed by atoms with Crippen LogP contribution in [0.15, 0.2) is 0 Å². The highest BCUT2D eigenvalue weighted by Crippen LogP contribution is 2.19. The summed E-state index contributed by atoms with van der Waals surface area (Å²) in [5.74, 6) is 0. The number of aliphatic hydroxyl groups excluding tert-OH is 2. The molecular formula is C11H21NO3. The fourth-order valence-electron chi connectivity index (χ4n) is 2.46. The molecule has 2 rings (SSSR count). The highest BCUT2D eigenvalue weighted by atomic mass is 16.5. The van der Waals surface area contributed by atoms with E-state index in [9.17, 15) is 10.2 Å². The molecule has 2 fully saturated rings. The zero-order valence-electron chi connectivity index (χ0n) is 9.06. The van der Waals surface area contributed by atoms with Crippen LogP contribution in [0.25, 0.3) is 0 Å². The van der Waals surface area contributed by atoms with E-state index in [1.165, 1.54) is 12.8 Å². The summed E-state index contributed by atoms with van der Waals surface area (Å²) < 4.78 is 5.18. The van der Waals surface area contributed by atoms with Crippen molar-refractivity contribution in [1.29, 1.82) is 0 Å². The van der Waals surface area contributed by atoms with Crippen molar-refractivity contribution in [1.82, 2.24) is 5.32 Å². The minimum Gasteiger partial charge on any atom is -0.392 e. The number of ether oxygens (including phenoxy) is 1. The number of hydrogen-bond donors (Lipinski definition) is 3. The van der Waals surface area contributed by atoms with Crippen molar-refractivity contribution in [3.63, 3.8) is 0 Å². The molecule has 4 heteroatoms. The molecule has 4 unspecified atom stereocenters. The second kappa shape index (κ2) is 5.25. The van der Waals surface area contributed by atoms with Gasteiger partial charge in [-0.05, 0) is 12.8 Å². The Labute approximate surface area is 90.6 Å². The Balaban J connectivity index is 1.85. The third-order valence-electron chi connectivity index (χ3n) is 3.46. The molecule has 0 radical (unpaired) electrons. The van der Waals surface area contributed by atoms with Crippen LogP contribution in [-0.2, 0) is 4.74 Å². The molecule has 0 spiro atoms. The van der Waals surface area contributed by atoms with Gasteiger partial charge in [-0.25, -0.2) is 0 Å². The van der Waals surface area contributed by atoms with Gasteiger partial charge < -0.3 is 20.3 Å². The fourth-order valence-corrected chi connectivity index (χ4v) is 2.46. The lowest BCUT2D eigenvalue weighted by atomic mass is 10.0. The largest absolute Gasteiger partial charge is 0.392 e. The standard InChI is InChI=1S/C11H21NO3/c13-10-5-3-1-2-4-8(10)12-9-6-15-7-11(9)14/h8-14H,1-7H2. The molecule has 1 aliphatic heterocycles. The Morgan fingerprint density at radius 2 is 1.67 bits per heavy atom. The average Bonchev–Trinajstić information content (AvgIpc) is 2.50. The highest BCUT2D eigenvalue weighted by molar-refractivity contribution is 4.87. The molecule has 0 aromatic rings. The van der Waals surface area contributed by atoms with Crippen LogP contribution in [0.3, 0.4) is 0 Å². The van der Waals surface area contributed by atoms with Gasteiger partial charge in [0.05, 0.1) is 31.5 Å². The van der Waals surface area contributed by atoms with Gasteiger partial charge in [0.25, 0.3) is 0 Å². The first kappa shape index (κ1) is 11.3. The van der Waals surface area contributed by atoms with E-state index in [2.05, 4.69) is 5.32 Å². The first-order chi connectivity index (χ1) is 7.27. The van der Waals surface area contributed by atoms with Gasteiger partial charge in [-0.15, -0.1) is 0 Å². The normalized spacial score (nSPS) is 42.8. The van der Waals surface area contributed by atoms with Gasteiger partial charge in [0.15, 0.2) is 0 Å². The Morgan fingerprint density at radius 3 is 2.40 bits per heavy atom. The van der Waals surface area contributed by atoms with E-state index in [0.717, 1.165) is 19.3 Å². The van der Waals surface area contributed by atoms with Crippen LogP contribution in [0.1, 0.15) is 32.1 Å². The minimum absolute atomic E-state index is 0.00255. The lowest BCUT2D eigenvalue weighted by molar-refractivity contribution is 0.0931. The van der Waals surface area contributed by atoms with Crippen LogP contribution in [0.4, 0.5) is 0 Å². The maximum Gasteiger partial charge on any atom is 0.0948 e. The van der Waals surface area contributed by atoms with Gasteiger partial charge in [-0.3, -0.25) is 0 Å². The Hall–Kier alpha value is -0.160. The van der Waals surface area contributed by atoms with Crippen molar-refractivity contribution in [2.45, 2.75) is 56.4 Å². The van der Waals surface area contributed by atoms with Gasteiger partial charge in [-0.1, -0.05) is 19.3 Å². The fraction of sp³-hybridized carbons (Fsp3) is 1.00. The van der Waals surface area contributed by atoms with Gasteiger partial charge >= 0.3 is 0 Å². The van der Waals surface area contributed by atoms with Gasteiger partial charge in [0, 0.05) is 6.04 Å². The second-order valence-corrected chi connectivity index (χ2v) is 4.69. The molecule has 1 aliphatic carbocycles. The summed E-state index contributed by atoms with van der Waals surface area (Å²) in [6.45, 7) is 0.977. The maximum absolute atomic E-state index is 9.91. The number of aliphatic hydroxyl groups is 2. The molecular weight excluding hydrogens is 194 g/mol. The Kier molecular flexibility index (Phi) is 3.97. The Bertz CT molecular complexity index is 200. The summed E-state index contributed by atoms with van der Waals surface area (Å²) in [7, 11) is 0. The molecule has 1 saturated carbocycles. The zero-order chi connectivity index (χ0) is 10.7. The van der Waals surface area contributed by atoms with Crippen molar-refractivity contribution in [3.8, 4) is 0 Å². The minimum atomic E-state index is -0.416. The molecule has 1 saturated heterocycles. The first-order valence-corrected chi connectivity index (χ1v) is 5.97. The smallest absolute Gasteiger partial charge is 0.0948 e. The summed E-state index contributed by atoms with van der Waals surface area (Å²) in [6, 6.07) is 0.136. The Morgan fingerprint density at radius 1 is 0.867 bits per heavy atom. The van der Waals surface area contributed by atoms with E-state index in [0.29, 0.717) is 13.2 Å². The molecule has 0 aromatic carbocycles. The topological polar surface area (TPSA) is 61.7 Å². The maximum atomic E-state index is 9.91. The van der Waals surface area contributed by atoms with E-state index in [-0.39, 0.29) is 18.2 Å².